The molecule has 1 aliphatic carbocycles. The topological polar surface area (TPSA) is 3.24 Å². The third kappa shape index (κ3) is 1.49. The zero-order valence-corrected chi connectivity index (χ0v) is 9.87. The molecule has 1 nitrogen and oxygen atoms in total. The van der Waals surface area contributed by atoms with Crippen LogP contribution in [0.3, 0.4) is 0 Å². The Hall–Kier alpha value is -1.13. The van der Waals surface area contributed by atoms with Gasteiger partial charge in [0.1, 0.15) is 0 Å². The quantitative estimate of drug-likeness (QED) is 0.671. The molecule has 16 heavy (non-hydrogen) atoms. The summed E-state index contributed by atoms with van der Waals surface area (Å²) in [5.41, 5.74) is 1.67. The van der Waals surface area contributed by atoms with Gasteiger partial charge in [0.05, 0.1) is 0 Å². The van der Waals surface area contributed by atoms with Crippen LogP contribution >= 0.6 is 11.6 Å². The predicted octanol–water partition coefficient (Wildman–Crippen LogP) is 3.25. The maximum absolute atomic E-state index is 6.03. The molecule has 1 unspecified atom stereocenters. The molecule has 0 aromatic heterocycles. The zero-order valence-electron chi connectivity index (χ0n) is 9.12. The maximum Gasteiger partial charge on any atom is 0.0489 e. The molecule has 0 N–H and O–H groups in total. The first-order valence-corrected chi connectivity index (χ1v) is 6.11. The Kier molecular flexibility index (Phi) is 2.16. The fourth-order valence-electron chi connectivity index (χ4n) is 2.84. The van der Waals surface area contributed by atoms with Gasteiger partial charge in [0.15, 0.2) is 0 Å². The SMILES string of the molecule is C#CN1CC(c2cccc(Cl)c2)CC12CC2. The lowest BCUT2D eigenvalue weighted by molar-refractivity contribution is 0.351. The highest BCUT2D eigenvalue weighted by atomic mass is 35.5. The Morgan fingerprint density at radius 1 is 1.44 bits per heavy atom. The van der Waals surface area contributed by atoms with Gasteiger partial charge in [0.2, 0.25) is 0 Å². The molecule has 1 heterocycles. The van der Waals surface area contributed by atoms with Crippen molar-refractivity contribution in [1.82, 2.24) is 4.90 Å². The molecule has 0 bridgehead atoms. The van der Waals surface area contributed by atoms with Gasteiger partial charge in [-0.3, -0.25) is 0 Å². The number of terminal acetylenes is 1. The number of hydrogen-bond donors (Lipinski definition) is 0. The smallest absolute Gasteiger partial charge is 0.0489 e. The van der Waals surface area contributed by atoms with E-state index in [1.54, 1.807) is 0 Å². The largest absolute Gasteiger partial charge is 0.326 e. The monoisotopic (exact) mass is 231 g/mol. The Labute approximate surface area is 101 Å². The van der Waals surface area contributed by atoms with Gasteiger partial charge in [0.25, 0.3) is 0 Å². The summed E-state index contributed by atoms with van der Waals surface area (Å²) in [6.45, 7) is 0.983. The molecule has 0 radical (unpaired) electrons. The Bertz CT molecular complexity index is 456. The molecule has 1 saturated heterocycles. The first-order valence-electron chi connectivity index (χ1n) is 5.73. The zero-order chi connectivity index (χ0) is 11.2. The van der Waals surface area contributed by atoms with Crippen LogP contribution in [0.15, 0.2) is 24.3 Å². The van der Waals surface area contributed by atoms with E-state index in [2.05, 4.69) is 23.1 Å². The van der Waals surface area contributed by atoms with E-state index in [4.69, 9.17) is 18.0 Å². The van der Waals surface area contributed by atoms with Crippen LogP contribution in [0.25, 0.3) is 0 Å². The highest BCUT2D eigenvalue weighted by Crippen LogP contribution is 2.53. The maximum atomic E-state index is 6.03. The summed E-state index contributed by atoms with van der Waals surface area (Å²) in [7, 11) is 0. The van der Waals surface area contributed by atoms with Gasteiger partial charge >= 0.3 is 0 Å². The van der Waals surface area contributed by atoms with Crippen LogP contribution in [-0.4, -0.2) is 17.0 Å². The fourth-order valence-corrected chi connectivity index (χ4v) is 3.04. The summed E-state index contributed by atoms with van der Waals surface area (Å²) in [4.78, 5) is 2.19. The van der Waals surface area contributed by atoms with Crippen molar-refractivity contribution in [3.05, 3.63) is 34.9 Å². The van der Waals surface area contributed by atoms with Gasteiger partial charge in [-0.2, -0.15) is 0 Å². The molecule has 0 amide bonds. The van der Waals surface area contributed by atoms with E-state index in [9.17, 15) is 0 Å². The van der Waals surface area contributed by atoms with E-state index >= 15 is 0 Å². The lowest BCUT2D eigenvalue weighted by Crippen LogP contribution is -2.25. The number of hydrogen-bond acceptors (Lipinski definition) is 1. The lowest BCUT2D eigenvalue weighted by Gasteiger charge is -2.17. The summed E-state index contributed by atoms with van der Waals surface area (Å²) in [5.74, 6) is 0.553. The minimum atomic E-state index is 0.335. The van der Waals surface area contributed by atoms with Gasteiger partial charge < -0.3 is 4.90 Å². The van der Waals surface area contributed by atoms with Gasteiger partial charge in [-0.25, -0.2) is 0 Å². The number of halogens is 1. The van der Waals surface area contributed by atoms with Crippen molar-refractivity contribution in [1.29, 1.82) is 0 Å². The molecule has 1 aromatic carbocycles. The van der Waals surface area contributed by atoms with Gasteiger partial charge in [-0.1, -0.05) is 30.2 Å². The third-order valence-electron chi connectivity index (χ3n) is 3.90. The van der Waals surface area contributed by atoms with Crippen LogP contribution in [0, 0.1) is 12.5 Å². The predicted molar refractivity (Wildman–Crippen MR) is 66.3 cm³/mol. The third-order valence-corrected chi connectivity index (χ3v) is 4.14. The van der Waals surface area contributed by atoms with Crippen LogP contribution in [0.1, 0.15) is 30.7 Å². The molecule has 1 saturated carbocycles. The molecule has 1 atom stereocenters. The highest BCUT2D eigenvalue weighted by Gasteiger charge is 2.53. The molecule has 2 heteroatoms. The average Bonchev–Trinajstić information content (AvgIpc) is 2.93. The molecule has 1 aliphatic heterocycles. The standard InChI is InChI=1S/C14H14ClN/c1-2-16-10-12(9-14(16)6-7-14)11-4-3-5-13(15)8-11/h1,3-5,8,12H,6-7,9-10H2. The van der Waals surface area contributed by atoms with E-state index in [1.165, 1.54) is 24.8 Å². The number of benzene rings is 1. The van der Waals surface area contributed by atoms with Crippen molar-refractivity contribution in [2.75, 3.05) is 6.54 Å². The van der Waals surface area contributed by atoms with Crippen LogP contribution in [-0.2, 0) is 0 Å². The molecular weight excluding hydrogens is 218 g/mol. The van der Waals surface area contributed by atoms with Gasteiger partial charge in [0, 0.05) is 29.1 Å². The van der Waals surface area contributed by atoms with E-state index in [0.717, 1.165) is 11.6 Å². The van der Waals surface area contributed by atoms with Crippen molar-refractivity contribution in [3.63, 3.8) is 0 Å². The van der Waals surface area contributed by atoms with Crippen molar-refractivity contribution >= 4 is 11.6 Å². The minimum absolute atomic E-state index is 0.335. The lowest BCUT2D eigenvalue weighted by atomic mass is 9.96. The number of nitrogens with zero attached hydrogens (tertiary/aromatic N) is 1. The normalized spacial score (nSPS) is 25.8. The minimum Gasteiger partial charge on any atom is -0.326 e. The fraction of sp³-hybridized carbons (Fsp3) is 0.429. The van der Waals surface area contributed by atoms with E-state index < -0.39 is 0 Å². The molecular formula is C14H14ClN. The summed E-state index contributed by atoms with van der Waals surface area (Å²) in [6, 6.07) is 11.0. The van der Waals surface area contributed by atoms with Crippen molar-refractivity contribution in [2.24, 2.45) is 0 Å². The van der Waals surface area contributed by atoms with Crippen molar-refractivity contribution in [2.45, 2.75) is 30.7 Å². The summed E-state index contributed by atoms with van der Waals surface area (Å²) in [6.07, 6.45) is 9.28. The summed E-state index contributed by atoms with van der Waals surface area (Å²) in [5, 5.41) is 0.821. The Morgan fingerprint density at radius 3 is 2.81 bits per heavy atom. The van der Waals surface area contributed by atoms with Crippen LogP contribution < -0.4 is 0 Å². The van der Waals surface area contributed by atoms with Crippen LogP contribution in [0.2, 0.25) is 5.02 Å². The highest BCUT2D eigenvalue weighted by molar-refractivity contribution is 6.30. The van der Waals surface area contributed by atoms with Crippen LogP contribution in [0.5, 0.6) is 0 Å². The molecule has 2 aliphatic rings. The number of rotatable bonds is 1. The summed E-state index contributed by atoms with van der Waals surface area (Å²) < 4.78 is 0. The molecule has 1 aromatic rings. The average molecular weight is 232 g/mol. The van der Waals surface area contributed by atoms with E-state index in [1.807, 2.05) is 12.1 Å². The first kappa shape index (κ1) is 10.1. The van der Waals surface area contributed by atoms with Crippen molar-refractivity contribution < 1.29 is 0 Å². The van der Waals surface area contributed by atoms with Crippen molar-refractivity contribution in [3.8, 4) is 12.5 Å². The van der Waals surface area contributed by atoms with E-state index in [0.29, 0.717) is 11.5 Å². The Balaban J connectivity index is 1.86. The Morgan fingerprint density at radius 2 is 2.25 bits per heavy atom. The molecule has 2 fully saturated rings. The second-order valence-electron chi connectivity index (χ2n) is 4.92. The first-order chi connectivity index (χ1) is 7.73. The van der Waals surface area contributed by atoms with Gasteiger partial charge in [-0.15, -0.1) is 0 Å². The summed E-state index contributed by atoms with van der Waals surface area (Å²) >= 11 is 6.03. The molecule has 3 rings (SSSR count). The van der Waals surface area contributed by atoms with E-state index in [-0.39, 0.29) is 0 Å². The number of likely N-dealkylation sites (tertiary alicyclic amines) is 1. The van der Waals surface area contributed by atoms with Gasteiger partial charge in [-0.05, 0) is 37.0 Å². The molecule has 82 valence electrons. The van der Waals surface area contributed by atoms with Crippen LogP contribution in [0.4, 0.5) is 0 Å². The second-order valence-corrected chi connectivity index (χ2v) is 5.36. The molecule has 1 spiro atoms. The second kappa shape index (κ2) is 3.43.